The Labute approximate surface area is 188 Å². The Morgan fingerprint density at radius 1 is 1.13 bits per heavy atom. The van der Waals surface area contributed by atoms with Crippen LogP contribution in [0.4, 0.5) is 15.8 Å². The molecular formula is C22H24BrFN2O5. The van der Waals surface area contributed by atoms with Crippen molar-refractivity contribution in [3.05, 3.63) is 33.1 Å². The van der Waals surface area contributed by atoms with E-state index >= 15 is 4.39 Å². The zero-order chi connectivity index (χ0) is 22.3. The summed E-state index contributed by atoms with van der Waals surface area (Å²) in [5.74, 6) is -2.53. The summed E-state index contributed by atoms with van der Waals surface area (Å²) in [5.41, 5.74) is 0.548. The first-order valence-corrected chi connectivity index (χ1v) is 11.3. The molecule has 0 spiro atoms. The molecule has 1 saturated carbocycles. The van der Waals surface area contributed by atoms with Crippen molar-refractivity contribution in [1.82, 2.24) is 0 Å². The fourth-order valence-corrected chi connectivity index (χ4v) is 5.17. The molecule has 0 unspecified atom stereocenters. The molecule has 1 aliphatic heterocycles. The maximum atomic E-state index is 15.6. The third-order valence-corrected chi connectivity index (χ3v) is 6.98. The van der Waals surface area contributed by atoms with Crippen LogP contribution in [0.1, 0.15) is 61.7 Å². The lowest BCUT2D eigenvalue weighted by Crippen LogP contribution is -2.33. The highest BCUT2D eigenvalue weighted by Crippen LogP contribution is 2.42. The lowest BCUT2D eigenvalue weighted by molar-refractivity contribution is -0.120. The molecule has 2 amide bonds. The van der Waals surface area contributed by atoms with Crippen LogP contribution in [0.5, 0.6) is 0 Å². The first-order valence-electron chi connectivity index (χ1n) is 10.5. The number of anilines is 2. The summed E-state index contributed by atoms with van der Waals surface area (Å²) >= 11 is 3.30. The highest BCUT2D eigenvalue weighted by Gasteiger charge is 2.42. The van der Waals surface area contributed by atoms with Crippen LogP contribution < -0.4 is 9.96 Å². The topological polar surface area (TPSA) is 76.2 Å². The summed E-state index contributed by atoms with van der Waals surface area (Å²) < 4.78 is 21.4. The van der Waals surface area contributed by atoms with Gasteiger partial charge in [0.1, 0.15) is 11.8 Å². The van der Waals surface area contributed by atoms with Gasteiger partial charge in [-0.15, -0.1) is 0 Å². The van der Waals surface area contributed by atoms with Gasteiger partial charge in [-0.1, -0.05) is 0 Å². The minimum atomic E-state index is -0.838. The molecule has 0 atom stereocenters. The molecule has 0 bridgehead atoms. The van der Waals surface area contributed by atoms with Gasteiger partial charge in [-0.25, -0.2) is 14.1 Å². The Balaban J connectivity index is 1.79. The molecule has 166 valence electrons. The largest absolute Gasteiger partial charge is 0.459 e. The third-order valence-electron chi connectivity index (χ3n) is 6.17. The number of nitrogens with zero attached hydrogens (tertiary/aromatic N) is 2. The predicted octanol–water partition coefficient (Wildman–Crippen LogP) is 4.43. The average molecular weight is 495 g/mol. The SMILES string of the molecule is CON(C)c1c(F)c(N2C(=O)C3=C(CCCC3)C2=O)cc(C(=O)OC2CCCC2)c1Br. The van der Waals surface area contributed by atoms with Gasteiger partial charge in [-0.3, -0.25) is 19.5 Å². The molecule has 1 heterocycles. The number of ether oxygens (including phenoxy) is 1. The fourth-order valence-electron chi connectivity index (χ4n) is 4.47. The predicted molar refractivity (Wildman–Crippen MR) is 115 cm³/mol. The quantitative estimate of drug-likeness (QED) is 0.342. The van der Waals surface area contributed by atoms with Crippen LogP contribution in [0, 0.1) is 5.82 Å². The molecule has 1 fully saturated rings. The number of esters is 1. The van der Waals surface area contributed by atoms with Gasteiger partial charge in [0.25, 0.3) is 11.8 Å². The standard InChI is InChI=1S/C22H24BrFN2O5/c1-25(30-2)19-17(23)15(22(29)31-12-7-3-4-8-12)11-16(18(19)24)26-20(27)13-9-5-6-10-14(13)21(26)28/h11-12H,3-10H2,1-2H3. The molecule has 7 nitrogen and oxygen atoms in total. The molecular weight excluding hydrogens is 471 g/mol. The number of halogens is 2. The minimum absolute atomic E-state index is 0.0349. The van der Waals surface area contributed by atoms with Gasteiger partial charge in [-0.05, 0) is 73.4 Å². The first-order chi connectivity index (χ1) is 14.8. The maximum absolute atomic E-state index is 15.6. The van der Waals surface area contributed by atoms with Crippen molar-refractivity contribution in [2.45, 2.75) is 57.5 Å². The van der Waals surface area contributed by atoms with Gasteiger partial charge < -0.3 is 4.74 Å². The van der Waals surface area contributed by atoms with E-state index in [-0.39, 0.29) is 27.5 Å². The normalized spacial score (nSPS) is 19.3. The van der Waals surface area contributed by atoms with Gasteiger partial charge >= 0.3 is 5.97 Å². The van der Waals surface area contributed by atoms with E-state index in [1.165, 1.54) is 20.2 Å². The van der Waals surface area contributed by atoms with Crippen molar-refractivity contribution < 1.29 is 28.3 Å². The van der Waals surface area contributed by atoms with E-state index in [0.717, 1.165) is 48.5 Å². The number of carbonyl (C=O) groups excluding carboxylic acids is 3. The summed E-state index contributed by atoms with van der Waals surface area (Å²) in [5, 5.41) is 1.13. The maximum Gasteiger partial charge on any atom is 0.339 e. The highest BCUT2D eigenvalue weighted by atomic mass is 79.9. The molecule has 9 heteroatoms. The van der Waals surface area contributed by atoms with Crippen LogP contribution in [-0.4, -0.2) is 38.0 Å². The molecule has 2 aliphatic carbocycles. The van der Waals surface area contributed by atoms with Crippen LogP contribution >= 0.6 is 15.9 Å². The van der Waals surface area contributed by atoms with E-state index in [0.29, 0.717) is 24.0 Å². The molecule has 0 radical (unpaired) electrons. The van der Waals surface area contributed by atoms with Crippen LogP contribution in [0.25, 0.3) is 0 Å². The lowest BCUT2D eigenvalue weighted by Gasteiger charge is -2.25. The Morgan fingerprint density at radius 2 is 1.71 bits per heavy atom. The molecule has 1 aromatic carbocycles. The Hall–Kier alpha value is -2.26. The van der Waals surface area contributed by atoms with E-state index in [9.17, 15) is 14.4 Å². The van der Waals surface area contributed by atoms with E-state index in [1.807, 2.05) is 0 Å². The fraction of sp³-hybridized carbons (Fsp3) is 0.500. The zero-order valence-electron chi connectivity index (χ0n) is 17.5. The Kier molecular flexibility index (Phi) is 6.16. The van der Waals surface area contributed by atoms with Gasteiger partial charge in [0.15, 0.2) is 5.82 Å². The van der Waals surface area contributed by atoms with Crippen molar-refractivity contribution >= 4 is 45.1 Å². The van der Waals surface area contributed by atoms with Crippen molar-refractivity contribution in [3.8, 4) is 0 Å². The number of hydrogen-bond acceptors (Lipinski definition) is 6. The molecule has 0 aromatic heterocycles. The number of carbonyl (C=O) groups is 3. The first kappa shape index (κ1) is 22.0. The molecule has 1 aromatic rings. The summed E-state index contributed by atoms with van der Waals surface area (Å²) in [7, 11) is 2.82. The minimum Gasteiger partial charge on any atom is -0.459 e. The summed E-state index contributed by atoms with van der Waals surface area (Å²) in [6.07, 6.45) is 5.95. The number of rotatable bonds is 5. The second kappa shape index (κ2) is 8.70. The molecule has 0 N–H and O–H groups in total. The number of amides is 2. The summed E-state index contributed by atoms with van der Waals surface area (Å²) in [6, 6.07) is 1.22. The number of hydroxylamine groups is 1. The third kappa shape index (κ3) is 3.78. The monoisotopic (exact) mass is 494 g/mol. The number of imide groups is 1. The van der Waals surface area contributed by atoms with Crippen LogP contribution in [-0.2, 0) is 19.2 Å². The van der Waals surface area contributed by atoms with Gasteiger partial charge in [0, 0.05) is 18.2 Å². The van der Waals surface area contributed by atoms with Crippen molar-refractivity contribution in [3.63, 3.8) is 0 Å². The van der Waals surface area contributed by atoms with E-state index in [2.05, 4.69) is 15.9 Å². The van der Waals surface area contributed by atoms with Crippen molar-refractivity contribution in [2.24, 2.45) is 0 Å². The van der Waals surface area contributed by atoms with Crippen molar-refractivity contribution in [1.29, 1.82) is 0 Å². The second-order valence-corrected chi connectivity index (χ2v) is 8.81. The molecule has 3 aliphatic rings. The van der Waals surface area contributed by atoms with Crippen molar-refractivity contribution in [2.75, 3.05) is 24.1 Å². The molecule has 31 heavy (non-hydrogen) atoms. The van der Waals surface area contributed by atoms with Crippen LogP contribution in [0.3, 0.4) is 0 Å². The zero-order valence-corrected chi connectivity index (χ0v) is 19.1. The van der Waals surface area contributed by atoms with E-state index in [4.69, 9.17) is 9.57 Å². The van der Waals surface area contributed by atoms with E-state index in [1.54, 1.807) is 0 Å². The molecule has 4 rings (SSSR count). The highest BCUT2D eigenvalue weighted by molar-refractivity contribution is 9.10. The smallest absolute Gasteiger partial charge is 0.339 e. The lowest BCUT2D eigenvalue weighted by atomic mass is 9.93. The van der Waals surface area contributed by atoms with Gasteiger partial charge in [0.05, 0.1) is 22.8 Å². The Morgan fingerprint density at radius 3 is 2.26 bits per heavy atom. The number of benzene rings is 1. The number of hydrogen-bond donors (Lipinski definition) is 0. The van der Waals surface area contributed by atoms with Crippen LogP contribution in [0.15, 0.2) is 21.7 Å². The molecule has 0 saturated heterocycles. The average Bonchev–Trinajstić information content (AvgIpc) is 3.35. The van der Waals surface area contributed by atoms with Gasteiger partial charge in [-0.2, -0.15) is 0 Å². The van der Waals surface area contributed by atoms with Crippen LogP contribution in [0.2, 0.25) is 0 Å². The second-order valence-electron chi connectivity index (χ2n) is 8.02. The Bertz CT molecular complexity index is 959. The van der Waals surface area contributed by atoms with Gasteiger partial charge in [0.2, 0.25) is 0 Å². The summed E-state index contributed by atoms with van der Waals surface area (Å²) in [4.78, 5) is 44.9. The van der Waals surface area contributed by atoms with E-state index < -0.39 is 23.6 Å². The summed E-state index contributed by atoms with van der Waals surface area (Å²) in [6.45, 7) is 0.